The van der Waals surface area contributed by atoms with Crippen LogP contribution in [0, 0.1) is 10.5 Å². The summed E-state index contributed by atoms with van der Waals surface area (Å²) in [5, 5.41) is 0. The third kappa shape index (κ3) is 3.33. The lowest BCUT2D eigenvalue weighted by Crippen LogP contribution is -2.18. The number of nitrogens with zero attached hydrogens (tertiary/aromatic N) is 1. The number of aryl methyl sites for hydroxylation is 1. The molecule has 0 aliphatic rings. The van der Waals surface area contributed by atoms with Gasteiger partial charge < -0.3 is 4.74 Å². The van der Waals surface area contributed by atoms with Gasteiger partial charge >= 0.3 is 6.36 Å². The Bertz CT molecular complexity index is 392. The smallest absolute Gasteiger partial charge is 0.403 e. The minimum Gasteiger partial charge on any atom is -0.403 e. The summed E-state index contributed by atoms with van der Waals surface area (Å²) in [6.07, 6.45) is -4.60. The molecule has 0 fully saturated rings. The fraction of sp³-hybridized carbons (Fsp3) is 0.250. The van der Waals surface area contributed by atoms with Gasteiger partial charge in [-0.1, -0.05) is 0 Å². The lowest BCUT2D eigenvalue weighted by atomic mass is 10.3. The molecule has 0 bridgehead atoms. The monoisotopic (exact) mass is 331 g/mol. The number of carbonyl (C=O) groups is 1. The average molecular weight is 331 g/mol. The van der Waals surface area contributed by atoms with Crippen LogP contribution in [0.5, 0.6) is 5.75 Å². The van der Waals surface area contributed by atoms with Crippen LogP contribution in [-0.2, 0) is 0 Å². The third-order valence-electron chi connectivity index (χ3n) is 1.48. The topological polar surface area (TPSA) is 39.2 Å². The molecule has 1 rings (SSSR count). The SMILES string of the molecule is Cc1nc(C=O)c(OC(F)(F)F)cc1I. The first-order chi connectivity index (χ1) is 6.83. The van der Waals surface area contributed by atoms with Gasteiger partial charge in [0, 0.05) is 3.57 Å². The number of aromatic nitrogens is 1. The van der Waals surface area contributed by atoms with E-state index in [9.17, 15) is 18.0 Å². The fourth-order valence-corrected chi connectivity index (χ4v) is 1.28. The van der Waals surface area contributed by atoms with E-state index in [1.807, 2.05) is 22.6 Å². The number of halogens is 4. The van der Waals surface area contributed by atoms with Crippen molar-refractivity contribution < 1.29 is 22.7 Å². The third-order valence-corrected chi connectivity index (χ3v) is 2.57. The quantitative estimate of drug-likeness (QED) is 0.618. The molecule has 0 N–H and O–H groups in total. The van der Waals surface area contributed by atoms with Crippen molar-refractivity contribution in [3.63, 3.8) is 0 Å². The van der Waals surface area contributed by atoms with E-state index in [0.717, 1.165) is 6.07 Å². The standard InChI is InChI=1S/C8H5F3INO2/c1-4-5(12)2-7(6(3-14)13-4)15-8(9,10)11/h2-3H,1H3. The van der Waals surface area contributed by atoms with E-state index in [0.29, 0.717) is 9.26 Å². The van der Waals surface area contributed by atoms with Crippen molar-refractivity contribution in [1.29, 1.82) is 0 Å². The van der Waals surface area contributed by atoms with Gasteiger partial charge in [-0.3, -0.25) is 4.79 Å². The summed E-state index contributed by atoms with van der Waals surface area (Å²) in [7, 11) is 0. The Labute approximate surface area is 96.8 Å². The van der Waals surface area contributed by atoms with Gasteiger partial charge in [0.15, 0.2) is 12.0 Å². The van der Waals surface area contributed by atoms with Crippen LogP contribution in [0.4, 0.5) is 13.2 Å². The molecule has 0 unspecified atom stereocenters. The van der Waals surface area contributed by atoms with E-state index in [-0.39, 0.29) is 12.0 Å². The van der Waals surface area contributed by atoms with Crippen LogP contribution in [0.1, 0.15) is 16.2 Å². The predicted octanol–water partition coefficient (Wildman–Crippen LogP) is 2.71. The second kappa shape index (κ2) is 4.33. The van der Waals surface area contributed by atoms with Crippen LogP contribution in [-0.4, -0.2) is 17.6 Å². The van der Waals surface area contributed by atoms with Crippen LogP contribution in [0.3, 0.4) is 0 Å². The molecular formula is C8H5F3INO2. The summed E-state index contributed by atoms with van der Waals surface area (Å²) in [5.74, 6) is -0.576. The number of hydrogen-bond acceptors (Lipinski definition) is 3. The number of ether oxygens (including phenoxy) is 1. The maximum absolute atomic E-state index is 11.9. The van der Waals surface area contributed by atoms with E-state index < -0.39 is 12.1 Å². The first-order valence-corrected chi connectivity index (χ1v) is 4.79. The van der Waals surface area contributed by atoms with Gasteiger partial charge in [-0.2, -0.15) is 0 Å². The van der Waals surface area contributed by atoms with Crippen LogP contribution in [0.2, 0.25) is 0 Å². The summed E-state index contributed by atoms with van der Waals surface area (Å²) < 4.78 is 39.9. The molecule has 0 radical (unpaired) electrons. The summed E-state index contributed by atoms with van der Waals surface area (Å²) in [4.78, 5) is 14.1. The molecule has 1 heterocycles. The Morgan fingerprint density at radius 2 is 2.13 bits per heavy atom. The van der Waals surface area contributed by atoms with Gasteiger partial charge in [-0.25, -0.2) is 4.98 Å². The van der Waals surface area contributed by atoms with Crippen molar-refractivity contribution >= 4 is 28.9 Å². The minimum atomic E-state index is -4.82. The molecular weight excluding hydrogens is 326 g/mol. The average Bonchev–Trinajstić information content (AvgIpc) is 2.08. The number of carbonyl (C=O) groups excluding carboxylic acids is 1. The highest BCUT2D eigenvalue weighted by molar-refractivity contribution is 14.1. The molecule has 0 spiro atoms. The van der Waals surface area contributed by atoms with E-state index in [1.165, 1.54) is 0 Å². The van der Waals surface area contributed by atoms with E-state index in [4.69, 9.17) is 0 Å². The molecule has 0 saturated heterocycles. The molecule has 0 amide bonds. The Kier molecular flexibility index (Phi) is 3.53. The molecule has 0 aromatic carbocycles. The van der Waals surface area contributed by atoms with Crippen molar-refractivity contribution in [3.8, 4) is 5.75 Å². The Hall–Kier alpha value is -0.860. The van der Waals surface area contributed by atoms with Crippen LogP contribution in [0.25, 0.3) is 0 Å². The highest BCUT2D eigenvalue weighted by Gasteiger charge is 2.32. The van der Waals surface area contributed by atoms with Crippen molar-refractivity contribution in [2.24, 2.45) is 0 Å². The molecule has 7 heteroatoms. The van der Waals surface area contributed by atoms with Crippen molar-refractivity contribution in [2.75, 3.05) is 0 Å². The second-order valence-corrected chi connectivity index (χ2v) is 3.77. The molecule has 0 aliphatic heterocycles. The molecule has 0 atom stereocenters. The zero-order valence-electron chi connectivity index (χ0n) is 7.43. The zero-order valence-corrected chi connectivity index (χ0v) is 9.59. The molecule has 0 saturated carbocycles. The molecule has 1 aromatic heterocycles. The van der Waals surface area contributed by atoms with Crippen molar-refractivity contribution in [1.82, 2.24) is 4.98 Å². The molecule has 0 aliphatic carbocycles. The van der Waals surface area contributed by atoms with Crippen LogP contribution < -0.4 is 4.74 Å². The van der Waals surface area contributed by atoms with Gasteiger partial charge in [-0.05, 0) is 35.6 Å². The van der Waals surface area contributed by atoms with E-state index >= 15 is 0 Å². The Morgan fingerprint density at radius 1 is 1.53 bits per heavy atom. The van der Waals surface area contributed by atoms with Gasteiger partial charge in [0.2, 0.25) is 0 Å². The fourth-order valence-electron chi connectivity index (χ4n) is 0.874. The normalized spacial score (nSPS) is 11.3. The van der Waals surface area contributed by atoms with Gasteiger partial charge in [0.05, 0.1) is 5.69 Å². The molecule has 15 heavy (non-hydrogen) atoms. The summed E-state index contributed by atoms with van der Waals surface area (Å²) in [5.41, 5.74) is 0.123. The predicted molar refractivity (Wildman–Crippen MR) is 53.8 cm³/mol. The number of aldehydes is 1. The van der Waals surface area contributed by atoms with E-state index in [1.54, 1.807) is 6.92 Å². The van der Waals surface area contributed by atoms with E-state index in [2.05, 4.69) is 9.72 Å². The first kappa shape index (κ1) is 12.2. The maximum Gasteiger partial charge on any atom is 0.573 e. The minimum absolute atomic E-state index is 0.226. The lowest BCUT2D eigenvalue weighted by molar-refractivity contribution is -0.274. The van der Waals surface area contributed by atoms with Crippen LogP contribution in [0.15, 0.2) is 6.07 Å². The highest BCUT2D eigenvalue weighted by atomic mass is 127. The van der Waals surface area contributed by atoms with Crippen molar-refractivity contribution in [2.45, 2.75) is 13.3 Å². The van der Waals surface area contributed by atoms with Crippen molar-refractivity contribution in [3.05, 3.63) is 21.0 Å². The van der Waals surface area contributed by atoms with Gasteiger partial charge in [0.25, 0.3) is 0 Å². The maximum atomic E-state index is 11.9. The zero-order chi connectivity index (χ0) is 11.6. The molecule has 1 aromatic rings. The Balaban J connectivity index is 3.16. The van der Waals surface area contributed by atoms with Crippen LogP contribution >= 0.6 is 22.6 Å². The summed E-state index contributed by atoms with van der Waals surface area (Å²) >= 11 is 1.81. The Morgan fingerprint density at radius 3 is 2.60 bits per heavy atom. The second-order valence-electron chi connectivity index (χ2n) is 2.60. The molecule has 3 nitrogen and oxygen atoms in total. The lowest BCUT2D eigenvalue weighted by Gasteiger charge is -2.11. The largest absolute Gasteiger partial charge is 0.573 e. The first-order valence-electron chi connectivity index (χ1n) is 3.71. The molecule has 82 valence electrons. The summed E-state index contributed by atoms with van der Waals surface area (Å²) in [6, 6.07) is 1.13. The van der Waals surface area contributed by atoms with Gasteiger partial charge in [0.1, 0.15) is 5.69 Å². The number of alkyl halides is 3. The number of rotatable bonds is 2. The number of hydrogen-bond donors (Lipinski definition) is 0. The van der Waals surface area contributed by atoms with Gasteiger partial charge in [-0.15, -0.1) is 13.2 Å². The number of pyridine rings is 1. The highest BCUT2D eigenvalue weighted by Crippen LogP contribution is 2.27. The summed E-state index contributed by atoms with van der Waals surface area (Å²) in [6.45, 7) is 1.59.